The molecule has 1 amide bonds. The van der Waals surface area contributed by atoms with Crippen molar-refractivity contribution in [2.45, 2.75) is 46.0 Å². The maximum Gasteiger partial charge on any atom is 0.335 e. The molecule has 134 valence electrons. The minimum absolute atomic E-state index is 0.0287. The van der Waals surface area contributed by atoms with Gasteiger partial charge in [-0.2, -0.15) is 0 Å². The number of methoxy groups -OCH3 is 2. The summed E-state index contributed by atoms with van der Waals surface area (Å²) in [7, 11) is 2.87. The van der Waals surface area contributed by atoms with Crippen LogP contribution in [-0.4, -0.2) is 31.2 Å². The Morgan fingerprint density at radius 3 is 2.42 bits per heavy atom. The molecule has 0 spiro atoms. The van der Waals surface area contributed by atoms with E-state index in [9.17, 15) is 14.7 Å². The van der Waals surface area contributed by atoms with Crippen LogP contribution in [0.1, 0.15) is 56.3 Å². The molecule has 0 heterocycles. The van der Waals surface area contributed by atoms with Crippen molar-refractivity contribution >= 4 is 17.6 Å². The average Bonchev–Trinajstić information content (AvgIpc) is 2.57. The van der Waals surface area contributed by atoms with Crippen molar-refractivity contribution in [3.05, 3.63) is 17.7 Å². The van der Waals surface area contributed by atoms with Crippen LogP contribution < -0.4 is 14.8 Å². The Morgan fingerprint density at radius 2 is 1.92 bits per heavy atom. The van der Waals surface area contributed by atoms with Gasteiger partial charge in [0.2, 0.25) is 5.91 Å². The van der Waals surface area contributed by atoms with Crippen LogP contribution in [0.5, 0.6) is 11.5 Å². The number of nitrogens with one attached hydrogen (secondary N) is 1. The van der Waals surface area contributed by atoms with E-state index in [4.69, 9.17) is 9.47 Å². The SMILES string of the molecule is CCCCC(CC)CC(=O)Nc1cc(C(=O)O)cc(OC)c1OC. The van der Waals surface area contributed by atoms with Gasteiger partial charge in [0, 0.05) is 6.42 Å². The molecule has 0 aliphatic rings. The van der Waals surface area contributed by atoms with Crippen molar-refractivity contribution in [2.24, 2.45) is 5.92 Å². The van der Waals surface area contributed by atoms with Gasteiger partial charge in [-0.3, -0.25) is 4.79 Å². The summed E-state index contributed by atoms with van der Waals surface area (Å²) in [5.74, 6) is -0.342. The second-order valence-electron chi connectivity index (χ2n) is 5.73. The number of hydrogen-bond acceptors (Lipinski definition) is 4. The molecule has 0 saturated carbocycles. The van der Waals surface area contributed by atoms with Crippen LogP contribution in [0.15, 0.2) is 12.1 Å². The fourth-order valence-electron chi connectivity index (χ4n) is 2.59. The molecule has 0 fully saturated rings. The molecule has 1 rings (SSSR count). The van der Waals surface area contributed by atoms with Crippen LogP contribution in [0, 0.1) is 5.92 Å². The molecule has 1 aromatic carbocycles. The Morgan fingerprint density at radius 1 is 1.21 bits per heavy atom. The molecule has 1 atom stereocenters. The topological polar surface area (TPSA) is 84.9 Å². The summed E-state index contributed by atoms with van der Waals surface area (Å²) in [5, 5.41) is 12.0. The Hall–Kier alpha value is -2.24. The van der Waals surface area contributed by atoms with Gasteiger partial charge in [0.15, 0.2) is 11.5 Å². The number of unbranched alkanes of at least 4 members (excludes halogenated alkanes) is 1. The monoisotopic (exact) mass is 337 g/mol. The van der Waals surface area contributed by atoms with Gasteiger partial charge in [0.05, 0.1) is 25.5 Å². The van der Waals surface area contributed by atoms with Gasteiger partial charge in [-0.1, -0.05) is 33.1 Å². The van der Waals surface area contributed by atoms with E-state index in [-0.39, 0.29) is 17.2 Å². The van der Waals surface area contributed by atoms with Crippen molar-refractivity contribution in [3.8, 4) is 11.5 Å². The third kappa shape index (κ3) is 5.44. The molecule has 0 bridgehead atoms. The Kier molecular flexibility index (Phi) is 8.09. The van der Waals surface area contributed by atoms with Crippen molar-refractivity contribution in [3.63, 3.8) is 0 Å². The predicted octanol–water partition coefficient (Wildman–Crippen LogP) is 3.95. The number of carbonyl (C=O) groups is 2. The van der Waals surface area contributed by atoms with Crippen molar-refractivity contribution in [1.82, 2.24) is 0 Å². The highest BCUT2D eigenvalue weighted by Gasteiger charge is 2.19. The minimum Gasteiger partial charge on any atom is -0.493 e. The Balaban J connectivity index is 2.97. The number of rotatable bonds is 10. The van der Waals surface area contributed by atoms with E-state index in [1.165, 1.54) is 26.4 Å². The average molecular weight is 337 g/mol. The van der Waals surface area contributed by atoms with E-state index in [0.29, 0.717) is 23.8 Å². The molecule has 0 radical (unpaired) electrons. The van der Waals surface area contributed by atoms with Crippen LogP contribution in [0.2, 0.25) is 0 Å². The molecular weight excluding hydrogens is 310 g/mol. The molecule has 0 aliphatic carbocycles. The van der Waals surface area contributed by atoms with Crippen molar-refractivity contribution < 1.29 is 24.2 Å². The molecule has 0 aromatic heterocycles. The fourth-order valence-corrected chi connectivity index (χ4v) is 2.59. The smallest absolute Gasteiger partial charge is 0.335 e. The first-order chi connectivity index (χ1) is 11.5. The predicted molar refractivity (Wildman–Crippen MR) is 93.1 cm³/mol. The third-order valence-corrected chi connectivity index (χ3v) is 4.02. The first-order valence-electron chi connectivity index (χ1n) is 8.25. The van der Waals surface area contributed by atoms with Gasteiger partial charge in [0.1, 0.15) is 0 Å². The van der Waals surface area contributed by atoms with Crippen LogP contribution in [0.25, 0.3) is 0 Å². The summed E-state index contributed by atoms with van der Waals surface area (Å²) >= 11 is 0. The summed E-state index contributed by atoms with van der Waals surface area (Å²) in [4.78, 5) is 23.6. The molecule has 6 nitrogen and oxygen atoms in total. The molecule has 1 aromatic rings. The summed E-state index contributed by atoms with van der Waals surface area (Å²) in [5.41, 5.74) is 0.338. The number of amides is 1. The number of aromatic carboxylic acids is 1. The highest BCUT2D eigenvalue weighted by atomic mass is 16.5. The van der Waals surface area contributed by atoms with Crippen LogP contribution in [0.3, 0.4) is 0 Å². The maximum atomic E-state index is 12.3. The second-order valence-corrected chi connectivity index (χ2v) is 5.73. The lowest BCUT2D eigenvalue weighted by molar-refractivity contribution is -0.117. The van der Waals surface area contributed by atoms with E-state index in [1.54, 1.807) is 0 Å². The lowest BCUT2D eigenvalue weighted by atomic mass is 9.95. The summed E-state index contributed by atoms with van der Waals surface area (Å²) < 4.78 is 10.4. The van der Waals surface area contributed by atoms with Crippen LogP contribution in [0.4, 0.5) is 5.69 Å². The number of hydrogen-bond donors (Lipinski definition) is 2. The zero-order valence-corrected chi connectivity index (χ0v) is 14.8. The van der Waals surface area contributed by atoms with Gasteiger partial charge in [-0.25, -0.2) is 4.79 Å². The first-order valence-corrected chi connectivity index (χ1v) is 8.25. The molecule has 6 heteroatoms. The number of anilines is 1. The third-order valence-electron chi connectivity index (χ3n) is 4.02. The number of carbonyl (C=O) groups excluding carboxylic acids is 1. The molecule has 24 heavy (non-hydrogen) atoms. The number of carboxylic acids is 1. The van der Waals surface area contributed by atoms with Gasteiger partial charge in [-0.15, -0.1) is 0 Å². The molecule has 2 N–H and O–H groups in total. The van der Waals surface area contributed by atoms with Gasteiger partial charge in [0.25, 0.3) is 0 Å². The number of ether oxygens (including phenoxy) is 2. The maximum absolute atomic E-state index is 12.3. The lowest BCUT2D eigenvalue weighted by Crippen LogP contribution is -2.17. The van der Waals surface area contributed by atoms with Crippen LogP contribution in [-0.2, 0) is 4.79 Å². The molecule has 0 aliphatic heterocycles. The van der Waals surface area contributed by atoms with Crippen LogP contribution >= 0.6 is 0 Å². The fraction of sp³-hybridized carbons (Fsp3) is 0.556. The highest BCUT2D eigenvalue weighted by molar-refractivity contribution is 5.96. The van der Waals surface area contributed by atoms with E-state index >= 15 is 0 Å². The van der Waals surface area contributed by atoms with E-state index in [2.05, 4.69) is 19.2 Å². The standard InChI is InChI=1S/C18H27NO5/c1-5-7-8-12(6-2)9-16(20)19-14-10-13(18(21)22)11-15(23-3)17(14)24-4/h10-12H,5-9H2,1-4H3,(H,19,20)(H,21,22). The van der Waals surface area contributed by atoms with Gasteiger partial charge in [-0.05, 0) is 24.5 Å². The molecule has 1 unspecified atom stereocenters. The number of carboxylic acid groups (broad SMARTS) is 1. The minimum atomic E-state index is -1.10. The largest absolute Gasteiger partial charge is 0.493 e. The van der Waals surface area contributed by atoms with Crippen molar-refractivity contribution in [1.29, 1.82) is 0 Å². The zero-order chi connectivity index (χ0) is 18.1. The number of benzene rings is 1. The normalized spacial score (nSPS) is 11.7. The summed E-state index contributed by atoms with van der Waals surface area (Å²) in [6, 6.07) is 2.75. The second kappa shape index (κ2) is 9.80. The van der Waals surface area contributed by atoms with E-state index in [1.807, 2.05) is 0 Å². The van der Waals surface area contributed by atoms with Gasteiger partial charge < -0.3 is 19.9 Å². The zero-order valence-electron chi connectivity index (χ0n) is 14.8. The van der Waals surface area contributed by atoms with Gasteiger partial charge >= 0.3 is 5.97 Å². The Bertz CT molecular complexity index is 571. The molecule has 0 saturated heterocycles. The van der Waals surface area contributed by atoms with E-state index < -0.39 is 5.97 Å². The first kappa shape index (κ1) is 19.8. The lowest BCUT2D eigenvalue weighted by Gasteiger charge is -2.17. The summed E-state index contributed by atoms with van der Waals surface area (Å²) in [6.07, 6.45) is 4.54. The molecular formula is C18H27NO5. The highest BCUT2D eigenvalue weighted by Crippen LogP contribution is 2.37. The quantitative estimate of drug-likeness (QED) is 0.675. The van der Waals surface area contributed by atoms with E-state index in [0.717, 1.165) is 25.7 Å². The Labute approximate surface area is 143 Å². The van der Waals surface area contributed by atoms with Crippen molar-refractivity contribution in [2.75, 3.05) is 19.5 Å². The summed E-state index contributed by atoms with van der Waals surface area (Å²) in [6.45, 7) is 4.20.